The molecule has 1 heterocycles. The van der Waals surface area contributed by atoms with Gasteiger partial charge in [0.15, 0.2) is 0 Å². The predicted molar refractivity (Wildman–Crippen MR) is 32.1 cm³/mol. The van der Waals surface area contributed by atoms with Crippen molar-refractivity contribution in [3.63, 3.8) is 0 Å². The zero-order valence-electron chi connectivity index (χ0n) is 5.50. The second-order valence-electron chi connectivity index (χ2n) is 1.93. The zero-order chi connectivity index (χ0) is 6.36. The molecule has 0 bridgehead atoms. The van der Waals surface area contributed by atoms with E-state index in [2.05, 4.69) is 5.32 Å². The van der Waals surface area contributed by atoms with Crippen molar-refractivity contribution < 1.29 is 42.4 Å². The van der Waals surface area contributed by atoms with Crippen molar-refractivity contribution in [1.82, 2.24) is 5.32 Å². The summed E-state index contributed by atoms with van der Waals surface area (Å²) >= 11 is 1.17. The molecule has 0 atom stereocenters. The summed E-state index contributed by atoms with van der Waals surface area (Å²) in [4.78, 5) is 0. The van der Waals surface area contributed by atoms with E-state index < -0.39 is 0 Å². The first-order chi connectivity index (χ1) is 4.50. The molecular weight excluding hydrogens is 340 g/mol. The van der Waals surface area contributed by atoms with Crippen molar-refractivity contribution >= 4 is 0 Å². The van der Waals surface area contributed by atoms with Crippen LogP contribution in [0.4, 0.5) is 0 Å². The quantitative estimate of drug-likeness (QED) is 0.260. The second kappa shape index (κ2) is 6.15. The van der Waals surface area contributed by atoms with Crippen molar-refractivity contribution in [1.29, 1.82) is 0 Å². The van der Waals surface area contributed by atoms with Crippen LogP contribution in [-0.2, 0) is 0 Å². The third-order valence-electron chi connectivity index (χ3n) is 1.13. The summed E-state index contributed by atoms with van der Waals surface area (Å²) in [7, 11) is 0. The molecule has 1 N–H and O–H groups in total. The minimum atomic E-state index is 0.559. The number of hydrogen-bond donors (Lipinski definition) is 1. The van der Waals surface area contributed by atoms with Crippen LogP contribution in [0.3, 0.4) is 0 Å². The van der Waals surface area contributed by atoms with Crippen molar-refractivity contribution in [3.8, 4) is 0 Å². The molecule has 0 amide bonds. The fourth-order valence-corrected chi connectivity index (χ4v) is 6.42. The second-order valence-corrected chi connectivity index (χ2v) is 8.09. The summed E-state index contributed by atoms with van der Waals surface area (Å²) < 4.78 is 6.07. The number of hydrogen-bond acceptors (Lipinski definition) is 1. The fourth-order valence-electron chi connectivity index (χ4n) is 0.668. The van der Waals surface area contributed by atoms with Crippen LogP contribution in [0.25, 0.3) is 0 Å². The van der Waals surface area contributed by atoms with Crippen molar-refractivity contribution in [2.24, 2.45) is 0 Å². The van der Waals surface area contributed by atoms with E-state index in [9.17, 15) is 0 Å². The number of nitrogens with one attached hydrogen (secondary N) is 1. The topological polar surface area (TPSA) is 12.0 Å². The molecule has 0 spiro atoms. The third-order valence-corrected chi connectivity index (χ3v) is 6.56. The van der Waals surface area contributed by atoms with Gasteiger partial charge in [-0.3, -0.25) is 0 Å². The first kappa shape index (κ1) is 8.52. The first-order valence-corrected chi connectivity index (χ1v) is 9.38. The molecule has 0 aliphatic carbocycles. The van der Waals surface area contributed by atoms with Gasteiger partial charge in [0.1, 0.15) is 0 Å². The van der Waals surface area contributed by atoms with Gasteiger partial charge in [-0.1, -0.05) is 0 Å². The van der Waals surface area contributed by atoms with E-state index in [1.165, 1.54) is 15.5 Å². The van der Waals surface area contributed by atoms with Gasteiger partial charge in [-0.15, -0.1) is 0 Å². The standard InChI is InChI=1S/C6H13I2N/c1-2-7-4-5-9-6-8-3-1/h9H,1-6H2/q-2. The molecule has 1 aliphatic heterocycles. The summed E-state index contributed by atoms with van der Waals surface area (Å²) in [6.07, 6.45) is 1.56. The Bertz CT molecular complexity index is 39.5. The van der Waals surface area contributed by atoms with E-state index >= 15 is 0 Å². The Morgan fingerprint density at radius 3 is 2.89 bits per heavy atom. The predicted octanol–water partition coefficient (Wildman–Crippen LogP) is -5.88. The SMILES string of the molecule is C1C[I-]CCNC[I-]C1. The molecule has 0 saturated carbocycles. The van der Waals surface area contributed by atoms with Gasteiger partial charge in [0.05, 0.1) is 0 Å². The Morgan fingerprint density at radius 2 is 1.89 bits per heavy atom. The van der Waals surface area contributed by atoms with E-state index in [-0.39, 0.29) is 0 Å². The van der Waals surface area contributed by atoms with E-state index in [0.717, 1.165) is 0 Å². The van der Waals surface area contributed by atoms with Gasteiger partial charge in [-0.2, -0.15) is 0 Å². The van der Waals surface area contributed by atoms with Gasteiger partial charge < -0.3 is 0 Å². The van der Waals surface area contributed by atoms with E-state index in [1.807, 2.05) is 0 Å². The molecular formula is C6H13I2N-2. The van der Waals surface area contributed by atoms with Crippen LogP contribution in [0, 0.1) is 0 Å². The molecule has 9 heavy (non-hydrogen) atoms. The Kier molecular flexibility index (Phi) is 5.82. The molecule has 3 heteroatoms. The summed E-state index contributed by atoms with van der Waals surface area (Å²) in [5.41, 5.74) is 0. The van der Waals surface area contributed by atoms with E-state index in [0.29, 0.717) is 42.4 Å². The van der Waals surface area contributed by atoms with Crippen LogP contribution < -0.4 is 47.7 Å². The number of rotatable bonds is 0. The maximum atomic E-state index is 3.50. The molecule has 1 saturated heterocycles. The monoisotopic (exact) mass is 353 g/mol. The molecule has 1 nitrogen and oxygen atoms in total. The summed E-state index contributed by atoms with van der Waals surface area (Å²) in [6.45, 7) is 1.33. The van der Waals surface area contributed by atoms with Crippen LogP contribution in [0.15, 0.2) is 0 Å². The Labute approximate surface area is 77.9 Å². The van der Waals surface area contributed by atoms with Crippen LogP contribution in [0.1, 0.15) is 6.42 Å². The van der Waals surface area contributed by atoms with Crippen LogP contribution in [0.5, 0.6) is 0 Å². The van der Waals surface area contributed by atoms with Crippen molar-refractivity contribution in [2.45, 2.75) is 6.42 Å². The van der Waals surface area contributed by atoms with Crippen LogP contribution in [0.2, 0.25) is 0 Å². The molecule has 0 unspecified atom stereocenters. The normalized spacial score (nSPS) is 25.8. The molecule has 0 aromatic carbocycles. The van der Waals surface area contributed by atoms with E-state index in [4.69, 9.17) is 0 Å². The molecule has 1 rings (SSSR count). The summed E-state index contributed by atoms with van der Waals surface area (Å²) in [5, 5.41) is 3.50. The molecule has 0 aromatic heterocycles. The summed E-state index contributed by atoms with van der Waals surface area (Å²) in [6, 6.07) is 0. The van der Waals surface area contributed by atoms with Crippen molar-refractivity contribution in [2.75, 3.05) is 24.4 Å². The van der Waals surface area contributed by atoms with Gasteiger partial charge in [0.2, 0.25) is 0 Å². The molecule has 0 radical (unpaired) electrons. The molecule has 1 fully saturated rings. The first-order valence-electron chi connectivity index (χ1n) is 3.28. The van der Waals surface area contributed by atoms with Gasteiger partial charge in [-0.05, 0) is 0 Å². The number of halogens is 2. The van der Waals surface area contributed by atoms with Crippen LogP contribution in [-0.4, -0.2) is 24.4 Å². The van der Waals surface area contributed by atoms with E-state index in [1.54, 1.807) is 15.3 Å². The fraction of sp³-hybridized carbons (Fsp3) is 1.00. The zero-order valence-corrected chi connectivity index (χ0v) is 9.81. The Morgan fingerprint density at radius 1 is 1.00 bits per heavy atom. The van der Waals surface area contributed by atoms with Gasteiger partial charge in [0, 0.05) is 0 Å². The third kappa shape index (κ3) is 4.78. The van der Waals surface area contributed by atoms with Gasteiger partial charge >= 0.3 is 78.5 Å². The minimum absolute atomic E-state index is 0.559. The summed E-state index contributed by atoms with van der Waals surface area (Å²) in [5.74, 6) is 0. The Hall–Kier alpha value is 1.42. The molecule has 58 valence electrons. The Balaban J connectivity index is 2.02. The molecule has 0 aromatic rings. The maximum absolute atomic E-state index is 3.50. The van der Waals surface area contributed by atoms with Gasteiger partial charge in [0.25, 0.3) is 0 Å². The van der Waals surface area contributed by atoms with Crippen molar-refractivity contribution in [3.05, 3.63) is 0 Å². The molecule has 1 aliphatic rings. The average molecular weight is 353 g/mol. The number of alkyl halides is 4. The average Bonchev–Trinajstić information content (AvgIpc) is 2.00. The van der Waals surface area contributed by atoms with Crippen LogP contribution >= 0.6 is 0 Å². The van der Waals surface area contributed by atoms with Gasteiger partial charge in [-0.25, -0.2) is 0 Å².